The molecule has 1 fully saturated rings. The zero-order valence-corrected chi connectivity index (χ0v) is 12.4. The van der Waals surface area contributed by atoms with E-state index < -0.39 is 6.61 Å². The number of thiophene rings is 1. The van der Waals surface area contributed by atoms with Gasteiger partial charge in [0, 0.05) is 37.0 Å². The van der Waals surface area contributed by atoms with E-state index in [-0.39, 0.29) is 17.7 Å². The second-order valence-electron chi connectivity index (χ2n) is 5.05. The van der Waals surface area contributed by atoms with Gasteiger partial charge in [0.05, 0.1) is 0 Å². The SMILES string of the molecule is CC(Cc1cccs1)C(=O)N1CCN(C(=O)CO)CC1. The van der Waals surface area contributed by atoms with E-state index in [1.54, 1.807) is 16.2 Å². The summed E-state index contributed by atoms with van der Waals surface area (Å²) in [5, 5.41) is 10.8. The molecule has 20 heavy (non-hydrogen) atoms. The largest absolute Gasteiger partial charge is 0.387 e. The Morgan fingerprint density at radius 1 is 1.30 bits per heavy atom. The highest BCUT2D eigenvalue weighted by molar-refractivity contribution is 7.09. The molecule has 0 saturated carbocycles. The van der Waals surface area contributed by atoms with Gasteiger partial charge in [-0.25, -0.2) is 0 Å². The average molecular weight is 296 g/mol. The highest BCUT2D eigenvalue weighted by atomic mass is 32.1. The molecule has 2 rings (SSSR count). The van der Waals surface area contributed by atoms with Crippen molar-refractivity contribution >= 4 is 23.2 Å². The van der Waals surface area contributed by atoms with Gasteiger partial charge in [0.1, 0.15) is 6.61 Å². The maximum atomic E-state index is 12.3. The third-order valence-electron chi connectivity index (χ3n) is 3.59. The van der Waals surface area contributed by atoms with Crippen LogP contribution >= 0.6 is 11.3 Å². The summed E-state index contributed by atoms with van der Waals surface area (Å²) in [6.07, 6.45) is 0.770. The molecule has 110 valence electrons. The first-order valence-electron chi connectivity index (χ1n) is 6.81. The summed E-state index contributed by atoms with van der Waals surface area (Å²) >= 11 is 1.67. The summed E-state index contributed by atoms with van der Waals surface area (Å²) in [5.74, 6) is -0.146. The van der Waals surface area contributed by atoms with Gasteiger partial charge in [0.2, 0.25) is 11.8 Å². The van der Waals surface area contributed by atoms with E-state index in [1.807, 2.05) is 29.3 Å². The molecule has 2 amide bonds. The summed E-state index contributed by atoms with van der Waals surface area (Å²) in [6, 6.07) is 4.04. The Morgan fingerprint density at radius 2 is 1.95 bits per heavy atom. The minimum absolute atomic E-state index is 0.0336. The van der Waals surface area contributed by atoms with E-state index >= 15 is 0 Å². The second kappa shape index (κ2) is 6.85. The lowest BCUT2D eigenvalue weighted by molar-refractivity contribution is -0.143. The fourth-order valence-corrected chi connectivity index (χ4v) is 3.24. The minimum Gasteiger partial charge on any atom is -0.387 e. The van der Waals surface area contributed by atoms with Crippen molar-refractivity contribution in [3.63, 3.8) is 0 Å². The molecule has 1 aromatic heterocycles. The molecule has 1 unspecified atom stereocenters. The summed E-state index contributed by atoms with van der Waals surface area (Å²) in [6.45, 7) is 3.63. The third-order valence-corrected chi connectivity index (χ3v) is 4.49. The van der Waals surface area contributed by atoms with E-state index in [1.165, 1.54) is 4.88 Å². The molecule has 0 bridgehead atoms. The fourth-order valence-electron chi connectivity index (χ4n) is 2.41. The quantitative estimate of drug-likeness (QED) is 0.884. The number of nitrogens with zero attached hydrogens (tertiary/aromatic N) is 2. The van der Waals surface area contributed by atoms with Gasteiger partial charge in [-0.1, -0.05) is 13.0 Å². The van der Waals surface area contributed by atoms with Gasteiger partial charge in [-0.3, -0.25) is 9.59 Å². The maximum Gasteiger partial charge on any atom is 0.248 e. The molecule has 1 atom stereocenters. The molecule has 1 aliphatic heterocycles. The lowest BCUT2D eigenvalue weighted by Crippen LogP contribution is -2.52. The third kappa shape index (κ3) is 3.58. The Labute approximate surface area is 122 Å². The number of piperazine rings is 1. The molecule has 0 aliphatic carbocycles. The normalized spacial score (nSPS) is 17.1. The smallest absolute Gasteiger partial charge is 0.248 e. The topological polar surface area (TPSA) is 60.9 Å². The van der Waals surface area contributed by atoms with Gasteiger partial charge in [-0.2, -0.15) is 0 Å². The van der Waals surface area contributed by atoms with E-state index in [4.69, 9.17) is 5.11 Å². The Morgan fingerprint density at radius 3 is 2.50 bits per heavy atom. The van der Waals surface area contributed by atoms with Crippen LogP contribution in [0.3, 0.4) is 0 Å². The van der Waals surface area contributed by atoms with Crippen LogP contribution in [0.15, 0.2) is 17.5 Å². The van der Waals surface area contributed by atoms with Gasteiger partial charge in [0.25, 0.3) is 0 Å². The van der Waals surface area contributed by atoms with Crippen LogP contribution < -0.4 is 0 Å². The molecule has 0 aromatic carbocycles. The van der Waals surface area contributed by atoms with Crippen LogP contribution in [-0.4, -0.2) is 59.5 Å². The first-order valence-corrected chi connectivity index (χ1v) is 7.69. The highest BCUT2D eigenvalue weighted by Gasteiger charge is 2.26. The van der Waals surface area contributed by atoms with Crippen molar-refractivity contribution in [1.29, 1.82) is 0 Å². The number of hydrogen-bond acceptors (Lipinski definition) is 4. The average Bonchev–Trinajstić information content (AvgIpc) is 2.98. The van der Waals surface area contributed by atoms with Gasteiger partial charge < -0.3 is 14.9 Å². The molecule has 6 heteroatoms. The van der Waals surface area contributed by atoms with Crippen LogP contribution in [0.1, 0.15) is 11.8 Å². The molecule has 1 N–H and O–H groups in total. The van der Waals surface area contributed by atoms with Crippen molar-refractivity contribution in [3.8, 4) is 0 Å². The van der Waals surface area contributed by atoms with Crippen LogP contribution in [0.5, 0.6) is 0 Å². The van der Waals surface area contributed by atoms with Crippen LogP contribution in [0.2, 0.25) is 0 Å². The predicted octanol–water partition coefficient (Wildman–Crippen LogP) is 0.590. The molecular weight excluding hydrogens is 276 g/mol. The molecule has 1 saturated heterocycles. The lowest BCUT2D eigenvalue weighted by Gasteiger charge is -2.35. The number of aliphatic hydroxyl groups excluding tert-OH is 1. The molecule has 1 aromatic rings. The maximum absolute atomic E-state index is 12.3. The Balaban J connectivity index is 1.83. The van der Waals surface area contributed by atoms with E-state index in [0.717, 1.165) is 6.42 Å². The molecule has 0 spiro atoms. The highest BCUT2D eigenvalue weighted by Crippen LogP contribution is 2.17. The Bertz CT molecular complexity index is 453. The summed E-state index contributed by atoms with van der Waals surface area (Å²) in [4.78, 5) is 28.4. The predicted molar refractivity (Wildman–Crippen MR) is 77.4 cm³/mol. The van der Waals surface area contributed by atoms with Crippen LogP contribution in [-0.2, 0) is 16.0 Å². The summed E-state index contributed by atoms with van der Waals surface area (Å²) < 4.78 is 0. The second-order valence-corrected chi connectivity index (χ2v) is 6.08. The lowest BCUT2D eigenvalue weighted by atomic mass is 10.0. The standard InChI is InChI=1S/C14H20N2O3S/c1-11(9-12-3-2-8-20-12)14(19)16-6-4-15(5-7-16)13(18)10-17/h2-3,8,11,17H,4-7,9-10H2,1H3. The van der Waals surface area contributed by atoms with Crippen LogP contribution in [0.4, 0.5) is 0 Å². The van der Waals surface area contributed by atoms with Crippen molar-refractivity contribution < 1.29 is 14.7 Å². The van der Waals surface area contributed by atoms with Crippen molar-refractivity contribution in [2.24, 2.45) is 5.92 Å². The van der Waals surface area contributed by atoms with E-state index in [0.29, 0.717) is 26.2 Å². The first-order chi connectivity index (χ1) is 9.61. The molecular formula is C14H20N2O3S. The fraction of sp³-hybridized carbons (Fsp3) is 0.571. The Kier molecular flexibility index (Phi) is 5.14. The first kappa shape index (κ1) is 15.0. The van der Waals surface area contributed by atoms with Gasteiger partial charge in [-0.15, -0.1) is 11.3 Å². The number of carbonyl (C=O) groups excluding carboxylic acids is 2. The molecule has 0 radical (unpaired) electrons. The van der Waals surface area contributed by atoms with Crippen molar-refractivity contribution in [3.05, 3.63) is 22.4 Å². The summed E-state index contributed by atoms with van der Waals surface area (Å²) in [7, 11) is 0. The van der Waals surface area contributed by atoms with E-state index in [9.17, 15) is 9.59 Å². The summed E-state index contributed by atoms with van der Waals surface area (Å²) in [5.41, 5.74) is 0. The zero-order valence-electron chi connectivity index (χ0n) is 11.6. The van der Waals surface area contributed by atoms with Crippen molar-refractivity contribution in [2.75, 3.05) is 32.8 Å². The monoisotopic (exact) mass is 296 g/mol. The number of rotatable bonds is 4. The van der Waals surface area contributed by atoms with Crippen LogP contribution in [0, 0.1) is 5.92 Å². The minimum atomic E-state index is -0.456. The molecule has 5 nitrogen and oxygen atoms in total. The Hall–Kier alpha value is -1.40. The number of aliphatic hydroxyl groups is 1. The molecule has 1 aliphatic rings. The number of hydrogen-bond donors (Lipinski definition) is 1. The van der Waals surface area contributed by atoms with Gasteiger partial charge in [-0.05, 0) is 17.9 Å². The van der Waals surface area contributed by atoms with Gasteiger partial charge >= 0.3 is 0 Å². The van der Waals surface area contributed by atoms with Crippen molar-refractivity contribution in [2.45, 2.75) is 13.3 Å². The zero-order chi connectivity index (χ0) is 14.5. The van der Waals surface area contributed by atoms with Gasteiger partial charge in [0.15, 0.2) is 0 Å². The number of carbonyl (C=O) groups is 2. The van der Waals surface area contributed by atoms with Crippen LogP contribution in [0.25, 0.3) is 0 Å². The van der Waals surface area contributed by atoms with Crippen molar-refractivity contribution in [1.82, 2.24) is 9.80 Å². The number of amides is 2. The molecule has 2 heterocycles. The van der Waals surface area contributed by atoms with E-state index in [2.05, 4.69) is 0 Å².